The highest BCUT2D eigenvalue weighted by atomic mass is 32.1. The number of carbonyl (C=O) groups is 1. The third-order valence-electron chi connectivity index (χ3n) is 4.75. The van der Waals surface area contributed by atoms with Crippen LogP contribution in [0, 0.1) is 0 Å². The molecule has 8 heteroatoms. The average Bonchev–Trinajstić information content (AvgIpc) is 3.32. The van der Waals surface area contributed by atoms with Gasteiger partial charge in [0.1, 0.15) is 18.1 Å². The molecule has 0 atom stereocenters. The van der Waals surface area contributed by atoms with Crippen molar-refractivity contribution >= 4 is 28.1 Å². The number of carbonyl (C=O) groups excluding carboxylic acids is 1. The van der Waals surface area contributed by atoms with E-state index in [1.165, 1.54) is 11.5 Å². The Bertz CT molecular complexity index is 1230. The second-order valence-electron chi connectivity index (χ2n) is 6.72. The summed E-state index contributed by atoms with van der Waals surface area (Å²) in [4.78, 5) is 24.5. The van der Waals surface area contributed by atoms with Crippen molar-refractivity contribution in [1.82, 2.24) is 14.2 Å². The van der Waals surface area contributed by atoms with Gasteiger partial charge in [-0.25, -0.2) is 0 Å². The van der Waals surface area contributed by atoms with Crippen LogP contribution in [0.2, 0.25) is 0 Å². The summed E-state index contributed by atoms with van der Waals surface area (Å²) in [5.41, 5.74) is 1.92. The van der Waals surface area contributed by atoms with Gasteiger partial charge in [0, 0.05) is 34.6 Å². The molecule has 0 saturated heterocycles. The second kappa shape index (κ2) is 8.98. The van der Waals surface area contributed by atoms with Gasteiger partial charge in [0.2, 0.25) is 0 Å². The molecule has 2 aromatic heterocycles. The first-order chi connectivity index (χ1) is 14.7. The summed E-state index contributed by atoms with van der Waals surface area (Å²) in [7, 11) is 0. The molecule has 0 fully saturated rings. The highest BCUT2D eigenvalue weighted by Gasteiger charge is 2.09. The van der Waals surface area contributed by atoms with Gasteiger partial charge in [-0.05, 0) is 47.6 Å². The topological polar surface area (TPSA) is 94.3 Å². The fourth-order valence-corrected chi connectivity index (χ4v) is 3.65. The number of aliphatic hydroxyl groups excluding tert-OH is 1. The molecule has 0 aliphatic rings. The minimum atomic E-state index is -0.579. The lowest BCUT2D eigenvalue weighted by Crippen LogP contribution is -2.21. The fraction of sp³-hybridized carbons (Fsp3) is 0.182. The molecule has 0 aliphatic heterocycles. The Labute approximate surface area is 176 Å². The number of aliphatic hydroxyl groups is 1. The fourth-order valence-electron chi connectivity index (χ4n) is 3.18. The third-order valence-corrected chi connectivity index (χ3v) is 5.25. The van der Waals surface area contributed by atoms with Gasteiger partial charge in [-0.2, -0.15) is 0 Å². The Kier molecular flexibility index (Phi) is 5.97. The number of ketones is 1. The van der Waals surface area contributed by atoms with E-state index >= 15 is 0 Å². The minimum absolute atomic E-state index is 0.168. The molecule has 0 saturated carbocycles. The van der Waals surface area contributed by atoms with Gasteiger partial charge < -0.3 is 14.4 Å². The SMILES string of the molecule is O=C(CO)c1ccc2ccn(CCCOc3cccc(-c4csnn4)c3)c(=O)c2c1. The summed E-state index contributed by atoms with van der Waals surface area (Å²) in [6.45, 7) is 0.360. The Balaban J connectivity index is 1.42. The first-order valence-corrected chi connectivity index (χ1v) is 10.3. The van der Waals surface area contributed by atoms with E-state index < -0.39 is 12.4 Å². The number of nitrogens with zero attached hydrogens (tertiary/aromatic N) is 3. The van der Waals surface area contributed by atoms with Gasteiger partial charge in [-0.1, -0.05) is 28.8 Å². The predicted molar refractivity (Wildman–Crippen MR) is 115 cm³/mol. The largest absolute Gasteiger partial charge is 0.494 e. The van der Waals surface area contributed by atoms with Crippen molar-refractivity contribution in [3.8, 4) is 17.0 Å². The maximum Gasteiger partial charge on any atom is 0.258 e. The van der Waals surface area contributed by atoms with Crippen molar-refractivity contribution in [2.75, 3.05) is 13.2 Å². The Morgan fingerprint density at radius 3 is 2.87 bits per heavy atom. The lowest BCUT2D eigenvalue weighted by Gasteiger charge is -2.10. The molecule has 0 spiro atoms. The number of rotatable bonds is 8. The summed E-state index contributed by atoms with van der Waals surface area (Å²) in [5, 5.41) is 16.2. The molecule has 1 N–H and O–H groups in total. The van der Waals surface area contributed by atoms with Crippen LogP contribution in [0.15, 0.2) is 64.9 Å². The van der Waals surface area contributed by atoms with Crippen LogP contribution in [-0.2, 0) is 6.54 Å². The number of benzene rings is 2. The van der Waals surface area contributed by atoms with Gasteiger partial charge in [-0.3, -0.25) is 9.59 Å². The van der Waals surface area contributed by atoms with E-state index in [1.54, 1.807) is 29.0 Å². The number of pyridine rings is 1. The highest BCUT2D eigenvalue weighted by Crippen LogP contribution is 2.22. The lowest BCUT2D eigenvalue weighted by molar-refractivity contribution is 0.0904. The van der Waals surface area contributed by atoms with Crippen molar-refractivity contribution in [2.45, 2.75) is 13.0 Å². The molecule has 30 heavy (non-hydrogen) atoms. The van der Waals surface area contributed by atoms with Gasteiger partial charge in [0.25, 0.3) is 5.56 Å². The molecular formula is C22H19N3O4S. The van der Waals surface area contributed by atoms with Gasteiger partial charge >= 0.3 is 0 Å². The molecular weight excluding hydrogens is 402 g/mol. The maximum atomic E-state index is 12.8. The molecule has 0 amide bonds. The molecule has 2 heterocycles. The summed E-state index contributed by atoms with van der Waals surface area (Å²) in [6.07, 6.45) is 2.39. The molecule has 4 rings (SSSR count). The van der Waals surface area contributed by atoms with Crippen LogP contribution in [0.1, 0.15) is 16.8 Å². The van der Waals surface area contributed by atoms with E-state index in [1.807, 2.05) is 35.7 Å². The molecule has 0 unspecified atom stereocenters. The molecule has 4 aromatic rings. The van der Waals surface area contributed by atoms with Crippen molar-refractivity contribution in [3.05, 3.63) is 76.0 Å². The Hall–Kier alpha value is -3.36. The minimum Gasteiger partial charge on any atom is -0.494 e. The van der Waals surface area contributed by atoms with E-state index in [9.17, 15) is 9.59 Å². The van der Waals surface area contributed by atoms with Crippen molar-refractivity contribution in [1.29, 1.82) is 0 Å². The lowest BCUT2D eigenvalue weighted by atomic mass is 10.1. The van der Waals surface area contributed by atoms with E-state index in [0.717, 1.165) is 22.4 Å². The zero-order chi connectivity index (χ0) is 20.9. The van der Waals surface area contributed by atoms with Crippen molar-refractivity contribution < 1.29 is 14.6 Å². The third kappa shape index (κ3) is 4.29. The van der Waals surface area contributed by atoms with Crippen LogP contribution in [-0.4, -0.2) is 38.3 Å². The second-order valence-corrected chi connectivity index (χ2v) is 7.33. The monoisotopic (exact) mass is 421 g/mol. The first-order valence-electron chi connectivity index (χ1n) is 9.43. The van der Waals surface area contributed by atoms with Crippen molar-refractivity contribution in [2.24, 2.45) is 0 Å². The van der Waals surface area contributed by atoms with E-state index in [0.29, 0.717) is 30.5 Å². The average molecular weight is 421 g/mol. The van der Waals surface area contributed by atoms with Crippen molar-refractivity contribution in [3.63, 3.8) is 0 Å². The van der Waals surface area contributed by atoms with Crippen LogP contribution < -0.4 is 10.3 Å². The number of hydrogen-bond donors (Lipinski definition) is 1. The molecule has 2 aromatic carbocycles. The molecule has 0 bridgehead atoms. The standard InChI is InChI=1S/C22H19N3O4S/c26-13-21(27)17-6-5-15-7-9-25(22(28)19(15)12-17)8-2-10-29-18-4-1-3-16(11-18)20-14-30-24-23-20/h1,3-7,9,11-12,14,26H,2,8,10,13H2. The molecule has 0 radical (unpaired) electrons. The zero-order valence-corrected chi connectivity index (χ0v) is 16.8. The molecule has 152 valence electrons. The van der Waals surface area contributed by atoms with Gasteiger partial charge in [-0.15, -0.1) is 5.10 Å². The van der Waals surface area contributed by atoms with E-state index in [-0.39, 0.29) is 5.56 Å². The number of hydrogen-bond acceptors (Lipinski definition) is 7. The predicted octanol–water partition coefficient (Wildman–Crippen LogP) is 3.16. The van der Waals surface area contributed by atoms with Crippen LogP contribution in [0.25, 0.3) is 22.0 Å². The summed E-state index contributed by atoms with van der Waals surface area (Å²) >= 11 is 1.30. The van der Waals surface area contributed by atoms with Gasteiger partial charge in [0.15, 0.2) is 5.78 Å². The summed E-state index contributed by atoms with van der Waals surface area (Å²) in [5.74, 6) is 0.328. The summed E-state index contributed by atoms with van der Waals surface area (Å²) < 4.78 is 11.3. The van der Waals surface area contributed by atoms with Crippen LogP contribution in [0.5, 0.6) is 5.75 Å². The quantitative estimate of drug-likeness (QED) is 0.347. The number of aromatic nitrogens is 3. The first kappa shape index (κ1) is 19.9. The molecule has 0 aliphatic carbocycles. The van der Waals surface area contributed by atoms with Crippen LogP contribution >= 0.6 is 11.5 Å². The van der Waals surface area contributed by atoms with E-state index in [2.05, 4.69) is 9.59 Å². The summed E-state index contributed by atoms with van der Waals surface area (Å²) in [6, 6.07) is 14.4. The van der Waals surface area contributed by atoms with Crippen LogP contribution in [0.3, 0.4) is 0 Å². The number of Topliss-reactive ketones (excluding diaryl/α,β-unsaturated/α-hetero) is 1. The van der Waals surface area contributed by atoms with Gasteiger partial charge in [0.05, 0.1) is 6.61 Å². The highest BCUT2D eigenvalue weighted by molar-refractivity contribution is 7.03. The Morgan fingerprint density at radius 2 is 2.07 bits per heavy atom. The number of fused-ring (bicyclic) bond motifs is 1. The van der Waals surface area contributed by atoms with E-state index in [4.69, 9.17) is 9.84 Å². The molecule has 7 nitrogen and oxygen atoms in total. The number of aryl methyl sites for hydroxylation is 1. The zero-order valence-electron chi connectivity index (χ0n) is 16.0. The van der Waals surface area contributed by atoms with Crippen LogP contribution in [0.4, 0.5) is 0 Å². The Morgan fingerprint density at radius 1 is 1.17 bits per heavy atom. The maximum absolute atomic E-state index is 12.8. The number of ether oxygens (including phenoxy) is 1. The normalized spacial score (nSPS) is 11.0. The smallest absolute Gasteiger partial charge is 0.258 e.